The van der Waals surface area contributed by atoms with E-state index in [1.54, 1.807) is 19.2 Å². The molecule has 0 heterocycles. The molecule has 0 aliphatic carbocycles. The monoisotopic (exact) mass is 285 g/mol. The van der Waals surface area contributed by atoms with Crippen molar-refractivity contribution in [2.24, 2.45) is 0 Å². The van der Waals surface area contributed by atoms with E-state index >= 15 is 0 Å². The van der Waals surface area contributed by atoms with E-state index in [1.165, 1.54) is 0 Å². The first-order valence-electron chi connectivity index (χ1n) is 6.76. The van der Waals surface area contributed by atoms with Crippen LogP contribution in [0.4, 0.5) is 5.69 Å². The third-order valence-corrected chi connectivity index (χ3v) is 3.72. The molecule has 2 aromatic rings. The molecule has 0 spiro atoms. The van der Waals surface area contributed by atoms with Crippen LogP contribution >= 0.6 is 0 Å². The Kier molecular flexibility index (Phi) is 3.98. The van der Waals surface area contributed by atoms with Crippen LogP contribution in [-0.2, 0) is 0 Å². The van der Waals surface area contributed by atoms with Crippen molar-refractivity contribution in [3.05, 3.63) is 56.6 Å². The number of nitro groups is 1. The maximum absolute atomic E-state index is 11.0. The molecule has 4 nitrogen and oxygen atoms in total. The smallest absolute Gasteiger partial charge is 0.269 e. The number of nitrogens with zero attached hydrogens (tertiary/aromatic N) is 1. The van der Waals surface area contributed by atoms with Crippen LogP contribution in [0.2, 0.25) is 0 Å². The van der Waals surface area contributed by atoms with Crippen molar-refractivity contribution in [2.45, 2.75) is 27.7 Å². The SMILES string of the molecule is COc1cc(C)c(-c2c(C)cc([N+](=O)[O-])cc2C)c(C)c1. The average Bonchev–Trinajstić information content (AvgIpc) is 2.40. The van der Waals surface area contributed by atoms with Gasteiger partial charge in [0, 0.05) is 12.1 Å². The highest BCUT2D eigenvalue weighted by Gasteiger charge is 2.16. The highest BCUT2D eigenvalue weighted by Crippen LogP contribution is 2.36. The molecule has 0 radical (unpaired) electrons. The van der Waals surface area contributed by atoms with E-state index in [-0.39, 0.29) is 10.6 Å². The Morgan fingerprint density at radius 3 is 1.57 bits per heavy atom. The average molecular weight is 285 g/mol. The van der Waals surface area contributed by atoms with Crippen LogP contribution in [0.5, 0.6) is 5.75 Å². The van der Waals surface area contributed by atoms with E-state index in [2.05, 4.69) is 0 Å². The summed E-state index contributed by atoms with van der Waals surface area (Å²) in [6.07, 6.45) is 0. The molecule has 0 bridgehead atoms. The highest BCUT2D eigenvalue weighted by atomic mass is 16.6. The van der Waals surface area contributed by atoms with Crippen molar-refractivity contribution in [2.75, 3.05) is 7.11 Å². The van der Waals surface area contributed by atoms with Crippen LogP contribution < -0.4 is 4.74 Å². The minimum Gasteiger partial charge on any atom is -0.497 e. The Morgan fingerprint density at radius 2 is 1.24 bits per heavy atom. The van der Waals surface area contributed by atoms with Crippen molar-refractivity contribution >= 4 is 5.69 Å². The first kappa shape index (κ1) is 15.0. The molecule has 0 amide bonds. The molecule has 2 rings (SSSR count). The molecule has 21 heavy (non-hydrogen) atoms. The topological polar surface area (TPSA) is 52.4 Å². The molecule has 0 aliphatic rings. The van der Waals surface area contributed by atoms with E-state index in [0.29, 0.717) is 0 Å². The van der Waals surface area contributed by atoms with Gasteiger partial charge >= 0.3 is 0 Å². The zero-order chi connectivity index (χ0) is 15.7. The minimum absolute atomic E-state index is 0.137. The molecular weight excluding hydrogens is 266 g/mol. The lowest BCUT2D eigenvalue weighted by atomic mass is 9.89. The van der Waals surface area contributed by atoms with Gasteiger partial charge in [-0.1, -0.05) is 0 Å². The van der Waals surface area contributed by atoms with Crippen molar-refractivity contribution in [3.8, 4) is 16.9 Å². The number of aryl methyl sites for hydroxylation is 4. The summed E-state index contributed by atoms with van der Waals surface area (Å²) in [5.41, 5.74) is 6.37. The third-order valence-electron chi connectivity index (χ3n) is 3.72. The van der Waals surface area contributed by atoms with Crippen molar-refractivity contribution in [1.29, 1.82) is 0 Å². The van der Waals surface area contributed by atoms with Gasteiger partial charge in [-0.15, -0.1) is 0 Å². The van der Waals surface area contributed by atoms with Gasteiger partial charge < -0.3 is 4.74 Å². The summed E-state index contributed by atoms with van der Waals surface area (Å²) in [4.78, 5) is 10.6. The fraction of sp³-hybridized carbons (Fsp3) is 0.294. The summed E-state index contributed by atoms with van der Waals surface area (Å²) in [6.45, 7) is 7.90. The number of methoxy groups -OCH3 is 1. The molecule has 0 fully saturated rings. The van der Waals surface area contributed by atoms with Crippen LogP contribution in [0.3, 0.4) is 0 Å². The standard InChI is InChI=1S/C17H19NO3/c1-10-6-14(18(19)20)7-11(2)16(10)17-12(3)8-15(21-5)9-13(17)4/h6-9H,1-5H3. The van der Waals surface area contributed by atoms with Crippen molar-refractivity contribution in [1.82, 2.24) is 0 Å². The number of benzene rings is 2. The second-order valence-corrected chi connectivity index (χ2v) is 5.35. The van der Waals surface area contributed by atoms with Gasteiger partial charge in [-0.05, 0) is 73.2 Å². The summed E-state index contributed by atoms with van der Waals surface area (Å²) in [6, 6.07) is 7.24. The Bertz CT molecular complexity index is 674. The first-order valence-corrected chi connectivity index (χ1v) is 6.76. The molecule has 0 unspecified atom stereocenters. The summed E-state index contributed by atoms with van der Waals surface area (Å²) in [5.74, 6) is 0.825. The van der Waals surface area contributed by atoms with Crippen molar-refractivity contribution < 1.29 is 9.66 Å². The third kappa shape index (κ3) is 2.75. The van der Waals surface area contributed by atoms with Crippen LogP contribution in [0.1, 0.15) is 22.3 Å². The lowest BCUT2D eigenvalue weighted by Crippen LogP contribution is -1.98. The minimum atomic E-state index is -0.350. The quantitative estimate of drug-likeness (QED) is 0.616. The largest absolute Gasteiger partial charge is 0.497 e. The molecule has 110 valence electrons. The number of ether oxygens (including phenoxy) is 1. The van der Waals surface area contributed by atoms with Gasteiger partial charge in [0.25, 0.3) is 5.69 Å². The molecule has 0 aromatic heterocycles. The molecule has 4 heteroatoms. The molecule has 0 atom stereocenters. The van der Waals surface area contributed by atoms with E-state index in [9.17, 15) is 10.1 Å². The van der Waals surface area contributed by atoms with E-state index in [0.717, 1.165) is 39.1 Å². The number of hydrogen-bond acceptors (Lipinski definition) is 3. The summed E-state index contributed by atoms with van der Waals surface area (Å²) in [7, 11) is 1.65. The summed E-state index contributed by atoms with van der Waals surface area (Å²) >= 11 is 0. The van der Waals surface area contributed by atoms with Gasteiger partial charge in [-0.3, -0.25) is 10.1 Å². The van der Waals surface area contributed by atoms with Gasteiger partial charge in [0.2, 0.25) is 0 Å². The van der Waals surface area contributed by atoms with E-state index < -0.39 is 0 Å². The van der Waals surface area contributed by atoms with Gasteiger partial charge in [0.1, 0.15) is 5.75 Å². The lowest BCUT2D eigenvalue weighted by Gasteiger charge is -2.17. The molecule has 0 saturated carbocycles. The molecule has 0 N–H and O–H groups in total. The fourth-order valence-electron chi connectivity index (χ4n) is 2.88. The maximum Gasteiger partial charge on any atom is 0.269 e. The highest BCUT2D eigenvalue weighted by molar-refractivity contribution is 5.78. The second kappa shape index (κ2) is 5.56. The fourth-order valence-corrected chi connectivity index (χ4v) is 2.88. The van der Waals surface area contributed by atoms with E-state index in [4.69, 9.17) is 4.74 Å². The normalized spacial score (nSPS) is 10.5. The van der Waals surface area contributed by atoms with Gasteiger partial charge in [0.05, 0.1) is 12.0 Å². The van der Waals surface area contributed by atoms with Crippen LogP contribution in [-0.4, -0.2) is 12.0 Å². The molecule has 0 saturated heterocycles. The van der Waals surface area contributed by atoms with Crippen LogP contribution in [0.15, 0.2) is 24.3 Å². The lowest BCUT2D eigenvalue weighted by molar-refractivity contribution is -0.384. The maximum atomic E-state index is 11.0. The zero-order valence-corrected chi connectivity index (χ0v) is 13.0. The Hall–Kier alpha value is -2.36. The first-order chi connectivity index (χ1) is 9.85. The summed E-state index contributed by atoms with van der Waals surface area (Å²) < 4.78 is 5.29. The predicted molar refractivity (Wildman–Crippen MR) is 84.0 cm³/mol. The molecule has 0 aliphatic heterocycles. The zero-order valence-electron chi connectivity index (χ0n) is 13.0. The number of non-ortho nitro benzene ring substituents is 1. The second-order valence-electron chi connectivity index (χ2n) is 5.35. The van der Waals surface area contributed by atoms with Crippen LogP contribution in [0.25, 0.3) is 11.1 Å². The molecule has 2 aromatic carbocycles. The number of hydrogen-bond donors (Lipinski definition) is 0. The van der Waals surface area contributed by atoms with Crippen LogP contribution in [0, 0.1) is 37.8 Å². The number of nitro benzene ring substituents is 1. The van der Waals surface area contributed by atoms with Gasteiger partial charge in [-0.2, -0.15) is 0 Å². The van der Waals surface area contributed by atoms with Gasteiger partial charge in [0.15, 0.2) is 0 Å². The Balaban J connectivity index is 2.71. The van der Waals surface area contributed by atoms with E-state index in [1.807, 2.05) is 39.8 Å². The van der Waals surface area contributed by atoms with Crippen molar-refractivity contribution in [3.63, 3.8) is 0 Å². The Morgan fingerprint density at radius 1 is 0.857 bits per heavy atom. The van der Waals surface area contributed by atoms with Gasteiger partial charge in [-0.25, -0.2) is 0 Å². The number of rotatable bonds is 3. The predicted octanol–water partition coefficient (Wildman–Crippen LogP) is 4.50. The Labute approximate surface area is 124 Å². The molecular formula is C17H19NO3. The summed E-state index contributed by atoms with van der Waals surface area (Å²) in [5, 5.41) is 11.0.